The summed E-state index contributed by atoms with van der Waals surface area (Å²) in [6.45, 7) is 2.43. The normalized spacial score (nSPS) is 9.93. The van der Waals surface area contributed by atoms with Gasteiger partial charge in [-0.25, -0.2) is 9.59 Å². The summed E-state index contributed by atoms with van der Waals surface area (Å²) >= 11 is 0. The summed E-state index contributed by atoms with van der Waals surface area (Å²) in [6.07, 6.45) is 0. The van der Waals surface area contributed by atoms with Gasteiger partial charge < -0.3 is 4.57 Å². The van der Waals surface area contributed by atoms with E-state index in [0.717, 1.165) is 10.8 Å². The molecule has 15 heavy (non-hydrogen) atoms. The van der Waals surface area contributed by atoms with Gasteiger partial charge in [-0.2, -0.15) is 0 Å². The van der Waals surface area contributed by atoms with E-state index in [1.807, 2.05) is 43.1 Å². The number of rotatable bonds is 1. The molecule has 1 aromatic carbocycles. The van der Waals surface area contributed by atoms with E-state index in [1.54, 1.807) is 4.57 Å². The molecule has 1 heterocycles. The van der Waals surface area contributed by atoms with Gasteiger partial charge in [0.05, 0.1) is 0 Å². The van der Waals surface area contributed by atoms with Crippen LogP contribution in [0.15, 0.2) is 24.3 Å². The number of fused-ring (bicyclic) bond motifs is 1. The minimum absolute atomic E-state index is 0.423. The van der Waals surface area contributed by atoms with Crippen LogP contribution in [0.25, 0.3) is 10.8 Å². The molecule has 2 rings (SSSR count). The van der Waals surface area contributed by atoms with E-state index in [0.29, 0.717) is 17.2 Å². The van der Waals surface area contributed by atoms with Gasteiger partial charge in [0.25, 0.3) is 0 Å². The summed E-state index contributed by atoms with van der Waals surface area (Å²) in [7, 11) is 0. The Morgan fingerprint density at radius 3 is 1.87 bits per heavy atom. The highest BCUT2D eigenvalue weighted by molar-refractivity contribution is 5.88. The lowest BCUT2D eigenvalue weighted by Crippen LogP contribution is -2.27. The summed E-state index contributed by atoms with van der Waals surface area (Å²) in [6, 6.07) is 7.28. The van der Waals surface area contributed by atoms with Crippen LogP contribution in [0.4, 0.5) is 0 Å². The maximum Gasteiger partial charge on any atom is 0.151 e. The van der Waals surface area contributed by atoms with Gasteiger partial charge in [-0.15, -0.1) is 0 Å². The Balaban J connectivity index is 3.26. The van der Waals surface area contributed by atoms with Crippen molar-refractivity contribution in [1.29, 1.82) is 0 Å². The third-order valence-electron chi connectivity index (χ3n) is 2.49. The van der Waals surface area contributed by atoms with E-state index in [4.69, 9.17) is 0 Å². The largest absolute Gasteiger partial charge is 0.323 e. The first kappa shape index (κ1) is 9.47. The molecule has 0 aliphatic carbocycles. The summed E-state index contributed by atoms with van der Waals surface area (Å²) in [5.74, 6) is 3.76. The summed E-state index contributed by atoms with van der Waals surface area (Å²) in [4.78, 5) is 21.7. The molecule has 3 nitrogen and oxygen atoms in total. The quantitative estimate of drug-likeness (QED) is 0.630. The standard InChI is InChI=1S/C12H9NO2/c1-2-13-11(7-14)9-5-3-4-6-10(9)12(13)8-15/h3-6H,2H2,1H3. The second-order valence-corrected chi connectivity index (χ2v) is 3.19. The van der Waals surface area contributed by atoms with Crippen LogP contribution in [0, 0.1) is 0 Å². The molecular formula is C12H9NO2. The van der Waals surface area contributed by atoms with E-state index < -0.39 is 0 Å². The SMILES string of the molecule is CCn1c(=C=O)c2ccccc2c1=C=O. The minimum atomic E-state index is 0.423. The Kier molecular flexibility index (Phi) is 2.26. The molecule has 0 radical (unpaired) electrons. The summed E-state index contributed by atoms with van der Waals surface area (Å²) < 4.78 is 1.63. The zero-order valence-electron chi connectivity index (χ0n) is 8.28. The van der Waals surface area contributed by atoms with Crippen molar-refractivity contribution >= 4 is 22.7 Å². The predicted octanol–water partition coefficient (Wildman–Crippen LogP) is -0.332. The number of aromatic nitrogens is 1. The molecule has 0 saturated carbocycles. The van der Waals surface area contributed by atoms with Crippen LogP contribution in [-0.4, -0.2) is 16.4 Å². The van der Waals surface area contributed by atoms with Crippen molar-refractivity contribution in [2.24, 2.45) is 0 Å². The first-order valence-corrected chi connectivity index (χ1v) is 4.71. The highest BCUT2D eigenvalue weighted by Gasteiger charge is 2.06. The topological polar surface area (TPSA) is 39.1 Å². The predicted molar refractivity (Wildman–Crippen MR) is 56.5 cm³/mol. The fourth-order valence-electron chi connectivity index (χ4n) is 1.84. The molecule has 0 bridgehead atoms. The average Bonchev–Trinajstić information content (AvgIpc) is 2.61. The molecule has 0 N–H and O–H groups in total. The Hall–Kier alpha value is -2.08. The monoisotopic (exact) mass is 199 g/mol. The van der Waals surface area contributed by atoms with Crippen molar-refractivity contribution in [3.05, 3.63) is 35.0 Å². The molecule has 0 unspecified atom stereocenters. The van der Waals surface area contributed by atoms with Gasteiger partial charge in [0.15, 0.2) is 11.9 Å². The highest BCUT2D eigenvalue weighted by Crippen LogP contribution is 2.03. The molecule has 0 fully saturated rings. The fourth-order valence-corrected chi connectivity index (χ4v) is 1.84. The van der Waals surface area contributed by atoms with Crippen LogP contribution in [0.3, 0.4) is 0 Å². The van der Waals surface area contributed by atoms with E-state index in [2.05, 4.69) is 0 Å². The Morgan fingerprint density at radius 2 is 1.53 bits per heavy atom. The van der Waals surface area contributed by atoms with Crippen molar-refractivity contribution in [3.63, 3.8) is 0 Å². The van der Waals surface area contributed by atoms with Crippen LogP contribution < -0.4 is 10.7 Å². The zero-order chi connectivity index (χ0) is 10.8. The Labute approximate surface area is 85.9 Å². The van der Waals surface area contributed by atoms with Gasteiger partial charge in [-0.3, -0.25) is 0 Å². The molecule has 1 aromatic heterocycles. The van der Waals surface area contributed by atoms with Gasteiger partial charge in [0.2, 0.25) is 0 Å². The molecule has 0 spiro atoms. The van der Waals surface area contributed by atoms with E-state index in [9.17, 15) is 9.59 Å². The van der Waals surface area contributed by atoms with Crippen molar-refractivity contribution in [1.82, 2.24) is 4.57 Å². The zero-order valence-corrected chi connectivity index (χ0v) is 8.28. The molecule has 0 saturated heterocycles. The molecule has 0 amide bonds. The number of nitrogens with zero attached hydrogens (tertiary/aromatic N) is 1. The van der Waals surface area contributed by atoms with Gasteiger partial charge in [0, 0.05) is 17.3 Å². The van der Waals surface area contributed by atoms with Crippen molar-refractivity contribution in [3.8, 4) is 0 Å². The average molecular weight is 199 g/mol. The third kappa shape index (κ3) is 1.23. The maximum absolute atomic E-state index is 10.9. The van der Waals surface area contributed by atoms with Crippen LogP contribution in [0.5, 0.6) is 0 Å². The Bertz CT molecular complexity index is 614. The number of carbonyl (C=O) groups excluding carboxylic acids is 2. The summed E-state index contributed by atoms with van der Waals surface area (Å²) in [5.41, 5.74) is 0. The number of hydrogen-bond acceptors (Lipinski definition) is 2. The van der Waals surface area contributed by atoms with Crippen LogP contribution >= 0.6 is 0 Å². The fraction of sp³-hybridized carbons (Fsp3) is 0.167. The molecule has 3 heteroatoms. The molecular weight excluding hydrogens is 190 g/mol. The Morgan fingerprint density at radius 1 is 1.07 bits per heavy atom. The van der Waals surface area contributed by atoms with E-state index in [1.165, 1.54) is 0 Å². The molecule has 0 aliphatic rings. The second-order valence-electron chi connectivity index (χ2n) is 3.19. The van der Waals surface area contributed by atoms with Crippen LogP contribution in [0.1, 0.15) is 6.92 Å². The van der Waals surface area contributed by atoms with Gasteiger partial charge in [-0.1, -0.05) is 24.3 Å². The van der Waals surface area contributed by atoms with E-state index >= 15 is 0 Å². The number of hydrogen-bond donors (Lipinski definition) is 0. The molecule has 0 atom stereocenters. The van der Waals surface area contributed by atoms with Crippen molar-refractivity contribution in [2.75, 3.05) is 0 Å². The first-order valence-electron chi connectivity index (χ1n) is 4.71. The molecule has 74 valence electrons. The summed E-state index contributed by atoms with van der Waals surface area (Å²) in [5, 5.41) is 2.36. The second kappa shape index (κ2) is 3.58. The van der Waals surface area contributed by atoms with Crippen LogP contribution in [0.2, 0.25) is 0 Å². The lowest BCUT2D eigenvalue weighted by molar-refractivity contribution is 0.561. The molecule has 0 aliphatic heterocycles. The van der Waals surface area contributed by atoms with Gasteiger partial charge in [-0.05, 0) is 6.92 Å². The lowest BCUT2D eigenvalue weighted by Gasteiger charge is -1.92. The first-order chi connectivity index (χ1) is 7.33. The van der Waals surface area contributed by atoms with Gasteiger partial charge in [0.1, 0.15) is 10.7 Å². The van der Waals surface area contributed by atoms with E-state index in [-0.39, 0.29) is 0 Å². The van der Waals surface area contributed by atoms with Gasteiger partial charge >= 0.3 is 0 Å². The smallest absolute Gasteiger partial charge is 0.151 e. The maximum atomic E-state index is 10.9. The number of benzene rings is 1. The van der Waals surface area contributed by atoms with Crippen molar-refractivity contribution in [2.45, 2.75) is 13.5 Å². The minimum Gasteiger partial charge on any atom is -0.323 e. The lowest BCUT2D eigenvalue weighted by atomic mass is 10.2. The highest BCUT2D eigenvalue weighted by atomic mass is 16.1. The third-order valence-corrected chi connectivity index (χ3v) is 2.49. The van der Waals surface area contributed by atoms with Crippen molar-refractivity contribution < 1.29 is 9.59 Å². The molecule has 2 aromatic rings. The van der Waals surface area contributed by atoms with Crippen LogP contribution in [-0.2, 0) is 16.1 Å².